The Morgan fingerprint density at radius 2 is 0.964 bits per heavy atom. The van der Waals surface area contributed by atoms with Crippen LogP contribution in [0.5, 0.6) is 23.0 Å². The molecule has 0 aliphatic heterocycles. The molecule has 6 nitrogen and oxygen atoms in total. The number of ether oxygens (including phenoxy) is 3. The van der Waals surface area contributed by atoms with Crippen molar-refractivity contribution in [1.29, 1.82) is 0 Å². The van der Waals surface area contributed by atoms with Gasteiger partial charge in [0.05, 0.1) is 18.2 Å². The minimum absolute atomic E-state index is 0.320. The van der Waals surface area contributed by atoms with E-state index in [2.05, 4.69) is 0 Å². The van der Waals surface area contributed by atoms with Crippen LogP contribution in [0.2, 0.25) is 0 Å². The van der Waals surface area contributed by atoms with Crippen LogP contribution in [0.1, 0.15) is 20.7 Å². The van der Waals surface area contributed by atoms with E-state index in [0.717, 1.165) is 0 Å². The summed E-state index contributed by atoms with van der Waals surface area (Å²) in [6.45, 7) is 0. The van der Waals surface area contributed by atoms with Crippen LogP contribution in [0.3, 0.4) is 0 Å². The monoisotopic (exact) mass is 490 g/mol. The Hall–Kier alpha value is -3.07. The molecule has 0 amide bonds. The number of hydrogen-bond acceptors (Lipinski definition) is 6. The van der Waals surface area contributed by atoms with E-state index in [0.29, 0.717) is 34.1 Å². The third-order valence-electron chi connectivity index (χ3n) is 3.75. The Labute approximate surface area is 175 Å². The lowest BCUT2D eigenvalue weighted by molar-refractivity contribution is 0.0730. The quantitative estimate of drug-likeness (QED) is 0.279. The van der Waals surface area contributed by atoms with Gasteiger partial charge in [-0.15, -0.1) is 0 Å². The second-order valence-corrected chi connectivity index (χ2v) is 6.02. The van der Waals surface area contributed by atoms with Crippen LogP contribution in [-0.4, -0.2) is 19.0 Å². The second kappa shape index (κ2) is 9.23. The maximum atomic E-state index is 12.2. The van der Waals surface area contributed by atoms with Gasteiger partial charge in [-0.1, -0.05) is 0 Å². The highest BCUT2D eigenvalue weighted by molar-refractivity contribution is 14.1. The SMILES string of the molecule is COc1ccc(C(=O)Oc2ccc(C(=O)Oc3ccc(OI)cc3)cc2)cc1. The zero-order chi connectivity index (χ0) is 19.9. The Morgan fingerprint density at radius 3 is 1.36 bits per heavy atom. The lowest BCUT2D eigenvalue weighted by Gasteiger charge is -2.07. The summed E-state index contributed by atoms with van der Waals surface area (Å²) in [7, 11) is 1.55. The van der Waals surface area contributed by atoms with Crippen LogP contribution in [0.25, 0.3) is 0 Å². The van der Waals surface area contributed by atoms with Crippen molar-refractivity contribution in [1.82, 2.24) is 0 Å². The number of methoxy groups -OCH3 is 1. The van der Waals surface area contributed by atoms with E-state index >= 15 is 0 Å². The third-order valence-corrected chi connectivity index (χ3v) is 4.26. The molecule has 28 heavy (non-hydrogen) atoms. The molecule has 0 aliphatic carbocycles. The van der Waals surface area contributed by atoms with Gasteiger partial charge in [0, 0.05) is 0 Å². The van der Waals surface area contributed by atoms with E-state index in [9.17, 15) is 9.59 Å². The smallest absolute Gasteiger partial charge is 0.343 e. The zero-order valence-electron chi connectivity index (χ0n) is 14.8. The van der Waals surface area contributed by atoms with Gasteiger partial charge in [0.2, 0.25) is 0 Å². The van der Waals surface area contributed by atoms with Gasteiger partial charge in [-0.3, -0.25) is 0 Å². The molecule has 0 fully saturated rings. The summed E-state index contributed by atoms with van der Waals surface area (Å²) >= 11 is 1.77. The van der Waals surface area contributed by atoms with Gasteiger partial charge < -0.3 is 17.3 Å². The Kier molecular flexibility index (Phi) is 6.49. The summed E-state index contributed by atoms with van der Waals surface area (Å²) in [6.07, 6.45) is 0. The number of hydrogen-bond donors (Lipinski definition) is 0. The van der Waals surface area contributed by atoms with Crippen molar-refractivity contribution < 1.29 is 26.9 Å². The lowest BCUT2D eigenvalue weighted by atomic mass is 10.2. The van der Waals surface area contributed by atoms with Crippen molar-refractivity contribution in [2.75, 3.05) is 7.11 Å². The first kappa shape index (κ1) is 19.7. The molecule has 3 aromatic carbocycles. The summed E-state index contributed by atoms with van der Waals surface area (Å²) in [5.41, 5.74) is 0.724. The standard InChI is InChI=1S/C21H15IO6/c1-25-16-6-2-14(3-7-16)20(23)26-17-8-4-15(5-9-17)21(24)27-18-10-12-19(28-22)13-11-18/h2-13H,1H3. The molecule has 0 bridgehead atoms. The molecule has 7 heteroatoms. The molecular weight excluding hydrogens is 475 g/mol. The van der Waals surface area contributed by atoms with E-state index in [4.69, 9.17) is 17.3 Å². The molecule has 0 atom stereocenters. The van der Waals surface area contributed by atoms with Crippen molar-refractivity contribution in [3.63, 3.8) is 0 Å². The molecule has 3 rings (SSSR count). The average molecular weight is 490 g/mol. The molecular formula is C21H15IO6. The van der Waals surface area contributed by atoms with E-state index in [1.165, 1.54) is 24.3 Å². The number of halogens is 1. The van der Waals surface area contributed by atoms with Gasteiger partial charge in [-0.05, 0) is 72.8 Å². The van der Waals surface area contributed by atoms with Crippen LogP contribution in [-0.2, 0) is 0 Å². The summed E-state index contributed by atoms with van der Waals surface area (Å²) in [5.74, 6) is 1.00. The number of esters is 2. The molecule has 0 N–H and O–H groups in total. The molecule has 0 spiro atoms. The van der Waals surface area contributed by atoms with Crippen molar-refractivity contribution in [3.8, 4) is 23.0 Å². The van der Waals surface area contributed by atoms with E-state index < -0.39 is 11.9 Å². The first-order chi connectivity index (χ1) is 13.6. The van der Waals surface area contributed by atoms with Gasteiger partial charge in [-0.2, -0.15) is 0 Å². The Balaban J connectivity index is 1.61. The second-order valence-electron chi connectivity index (χ2n) is 5.58. The van der Waals surface area contributed by atoms with Crippen LogP contribution < -0.4 is 17.3 Å². The lowest BCUT2D eigenvalue weighted by Crippen LogP contribution is -2.10. The van der Waals surface area contributed by atoms with Crippen LogP contribution in [0, 0.1) is 0 Å². The first-order valence-corrected chi connectivity index (χ1v) is 9.04. The van der Waals surface area contributed by atoms with Crippen molar-refractivity contribution >= 4 is 34.9 Å². The summed E-state index contributed by atoms with van der Waals surface area (Å²) < 4.78 is 20.7. The van der Waals surface area contributed by atoms with Crippen molar-refractivity contribution in [2.45, 2.75) is 0 Å². The molecule has 0 saturated carbocycles. The molecule has 0 radical (unpaired) electrons. The number of carbonyl (C=O) groups excluding carboxylic acids is 2. The largest absolute Gasteiger partial charge is 0.497 e. The normalized spacial score (nSPS) is 10.1. The topological polar surface area (TPSA) is 71.1 Å². The van der Waals surface area contributed by atoms with Gasteiger partial charge in [0.15, 0.2) is 23.0 Å². The highest BCUT2D eigenvalue weighted by atomic mass is 127. The van der Waals surface area contributed by atoms with Gasteiger partial charge in [0.25, 0.3) is 0 Å². The predicted octanol–water partition coefficient (Wildman–Crippen LogP) is 4.86. The van der Waals surface area contributed by atoms with Crippen molar-refractivity contribution in [3.05, 3.63) is 83.9 Å². The fourth-order valence-electron chi connectivity index (χ4n) is 2.28. The highest BCUT2D eigenvalue weighted by Gasteiger charge is 2.12. The zero-order valence-corrected chi connectivity index (χ0v) is 16.9. The number of benzene rings is 3. The number of rotatable bonds is 6. The maximum absolute atomic E-state index is 12.2. The van der Waals surface area contributed by atoms with Gasteiger partial charge in [-0.25, -0.2) is 9.59 Å². The van der Waals surface area contributed by atoms with E-state index in [-0.39, 0.29) is 0 Å². The molecule has 0 heterocycles. The van der Waals surface area contributed by atoms with Crippen LogP contribution >= 0.6 is 23.0 Å². The van der Waals surface area contributed by atoms with E-state index in [1.807, 2.05) is 0 Å². The summed E-state index contributed by atoms with van der Waals surface area (Å²) in [6, 6.07) is 19.4. The fraction of sp³-hybridized carbons (Fsp3) is 0.0476. The molecule has 0 aromatic heterocycles. The predicted molar refractivity (Wildman–Crippen MR) is 110 cm³/mol. The Morgan fingerprint density at radius 1 is 0.607 bits per heavy atom. The average Bonchev–Trinajstić information content (AvgIpc) is 2.74. The maximum Gasteiger partial charge on any atom is 0.343 e. The minimum Gasteiger partial charge on any atom is -0.497 e. The van der Waals surface area contributed by atoms with Crippen LogP contribution in [0.4, 0.5) is 0 Å². The van der Waals surface area contributed by atoms with Gasteiger partial charge >= 0.3 is 11.9 Å². The minimum atomic E-state index is -0.517. The first-order valence-electron chi connectivity index (χ1n) is 8.16. The molecule has 3 aromatic rings. The fourth-order valence-corrected chi connectivity index (χ4v) is 2.57. The molecule has 0 saturated heterocycles. The third kappa shape index (κ3) is 5.01. The van der Waals surface area contributed by atoms with E-state index in [1.54, 1.807) is 78.6 Å². The van der Waals surface area contributed by atoms with Gasteiger partial charge in [0.1, 0.15) is 23.0 Å². The molecule has 142 valence electrons. The summed E-state index contributed by atoms with van der Waals surface area (Å²) in [4.78, 5) is 24.4. The highest BCUT2D eigenvalue weighted by Crippen LogP contribution is 2.21. The Bertz CT molecular complexity index is 950. The summed E-state index contributed by atoms with van der Waals surface area (Å²) in [5, 5.41) is 0. The number of carbonyl (C=O) groups is 2. The molecule has 0 aliphatic rings. The molecule has 0 unspecified atom stereocenters. The van der Waals surface area contributed by atoms with Crippen LogP contribution in [0.15, 0.2) is 72.8 Å². The van der Waals surface area contributed by atoms with Crippen molar-refractivity contribution in [2.24, 2.45) is 0 Å².